The van der Waals surface area contributed by atoms with Gasteiger partial charge in [-0.25, -0.2) is 0 Å². The van der Waals surface area contributed by atoms with E-state index in [4.69, 9.17) is 11.6 Å². The number of hydrogen-bond acceptors (Lipinski definition) is 4. The first-order valence-corrected chi connectivity index (χ1v) is 10.9. The maximum Gasteiger partial charge on any atom is 0.253 e. The molecule has 0 bridgehead atoms. The molecule has 1 heterocycles. The lowest BCUT2D eigenvalue weighted by molar-refractivity contribution is -0.122. The number of aromatic nitrogens is 2. The Morgan fingerprint density at radius 2 is 1.90 bits per heavy atom. The molecule has 1 atom stereocenters. The molecule has 1 aliphatic rings. The SMILES string of the molecule is CC(C)C(NC(=O)c1ccccc1Cl)C(=O)Nc1cnn(CC(=O)NC2CCCC2)c1. The van der Waals surface area contributed by atoms with E-state index in [9.17, 15) is 14.4 Å². The fourth-order valence-corrected chi connectivity index (χ4v) is 3.85. The summed E-state index contributed by atoms with van der Waals surface area (Å²) in [4.78, 5) is 37.5. The lowest BCUT2D eigenvalue weighted by Crippen LogP contribution is -2.47. The molecular weight excluding hydrogens is 418 g/mol. The molecule has 166 valence electrons. The van der Waals surface area contributed by atoms with Crippen LogP contribution in [0.25, 0.3) is 0 Å². The zero-order valence-electron chi connectivity index (χ0n) is 17.7. The second kappa shape index (κ2) is 10.4. The van der Waals surface area contributed by atoms with Gasteiger partial charge in [0.25, 0.3) is 5.91 Å². The van der Waals surface area contributed by atoms with Gasteiger partial charge in [0.05, 0.1) is 22.5 Å². The second-order valence-corrected chi connectivity index (χ2v) is 8.55. The van der Waals surface area contributed by atoms with Crippen molar-refractivity contribution < 1.29 is 14.4 Å². The molecule has 9 heteroatoms. The summed E-state index contributed by atoms with van der Waals surface area (Å²) in [6.07, 6.45) is 7.40. The molecular formula is C22H28ClN5O3. The third kappa shape index (κ3) is 6.30. The molecule has 2 aromatic rings. The minimum absolute atomic E-state index is 0.0865. The van der Waals surface area contributed by atoms with Crippen LogP contribution in [-0.4, -0.2) is 39.6 Å². The molecule has 0 radical (unpaired) electrons. The molecule has 3 amide bonds. The molecule has 0 spiro atoms. The van der Waals surface area contributed by atoms with E-state index in [1.165, 1.54) is 10.9 Å². The highest BCUT2D eigenvalue weighted by Gasteiger charge is 2.26. The van der Waals surface area contributed by atoms with E-state index in [0.717, 1.165) is 25.7 Å². The van der Waals surface area contributed by atoms with E-state index in [1.807, 2.05) is 13.8 Å². The Kier molecular flexibility index (Phi) is 7.68. The van der Waals surface area contributed by atoms with Crippen LogP contribution in [0.3, 0.4) is 0 Å². The largest absolute Gasteiger partial charge is 0.352 e. The number of amides is 3. The molecule has 31 heavy (non-hydrogen) atoms. The molecule has 3 N–H and O–H groups in total. The molecule has 1 aromatic heterocycles. The topological polar surface area (TPSA) is 105 Å². The molecule has 8 nitrogen and oxygen atoms in total. The van der Waals surface area contributed by atoms with Gasteiger partial charge in [0.2, 0.25) is 11.8 Å². The number of carbonyl (C=O) groups excluding carboxylic acids is 3. The van der Waals surface area contributed by atoms with Gasteiger partial charge in [0.1, 0.15) is 12.6 Å². The first kappa shape index (κ1) is 22.8. The Morgan fingerprint density at radius 1 is 1.19 bits per heavy atom. The van der Waals surface area contributed by atoms with Crippen LogP contribution in [0.1, 0.15) is 49.9 Å². The molecule has 1 fully saturated rings. The summed E-state index contributed by atoms with van der Waals surface area (Å²) in [5, 5.41) is 13.0. The van der Waals surface area contributed by atoms with Crippen LogP contribution < -0.4 is 16.0 Å². The predicted octanol–water partition coefficient (Wildman–Crippen LogP) is 2.99. The lowest BCUT2D eigenvalue weighted by Gasteiger charge is -2.21. The van der Waals surface area contributed by atoms with Gasteiger partial charge in [-0.2, -0.15) is 5.10 Å². The van der Waals surface area contributed by atoms with Crippen LogP contribution in [0.5, 0.6) is 0 Å². The first-order valence-electron chi connectivity index (χ1n) is 10.5. The molecule has 0 saturated heterocycles. The summed E-state index contributed by atoms with van der Waals surface area (Å²) >= 11 is 6.08. The molecule has 3 rings (SSSR count). The number of carbonyl (C=O) groups is 3. The Balaban J connectivity index is 1.57. The molecule has 1 saturated carbocycles. The summed E-state index contributed by atoms with van der Waals surface area (Å²) < 4.78 is 1.48. The number of nitrogens with zero attached hydrogens (tertiary/aromatic N) is 2. The zero-order chi connectivity index (χ0) is 22.4. The van der Waals surface area contributed by atoms with Crippen molar-refractivity contribution in [2.75, 3.05) is 5.32 Å². The fourth-order valence-electron chi connectivity index (χ4n) is 3.62. The Bertz CT molecular complexity index is 937. The predicted molar refractivity (Wildman–Crippen MR) is 119 cm³/mol. The van der Waals surface area contributed by atoms with Crippen LogP contribution in [0.2, 0.25) is 5.02 Å². The maximum absolute atomic E-state index is 12.8. The third-order valence-corrected chi connectivity index (χ3v) is 5.61. The van der Waals surface area contributed by atoms with Crippen LogP contribution in [0.4, 0.5) is 5.69 Å². The lowest BCUT2D eigenvalue weighted by atomic mass is 10.0. The summed E-state index contributed by atoms with van der Waals surface area (Å²) in [6.45, 7) is 3.77. The van der Waals surface area contributed by atoms with Crippen molar-refractivity contribution in [2.45, 2.75) is 58.2 Å². The normalized spacial score (nSPS) is 15.0. The molecule has 0 aliphatic heterocycles. The van der Waals surface area contributed by atoms with Crippen LogP contribution in [0.15, 0.2) is 36.7 Å². The van der Waals surface area contributed by atoms with Crippen LogP contribution in [0, 0.1) is 5.92 Å². The van der Waals surface area contributed by atoms with Crippen LogP contribution >= 0.6 is 11.6 Å². The van der Waals surface area contributed by atoms with E-state index < -0.39 is 11.9 Å². The van der Waals surface area contributed by atoms with Crippen molar-refractivity contribution in [3.05, 3.63) is 47.2 Å². The van der Waals surface area contributed by atoms with Gasteiger partial charge >= 0.3 is 0 Å². The van der Waals surface area contributed by atoms with Crippen molar-refractivity contribution in [2.24, 2.45) is 5.92 Å². The number of halogens is 1. The zero-order valence-corrected chi connectivity index (χ0v) is 18.5. The van der Waals surface area contributed by atoms with E-state index >= 15 is 0 Å². The number of benzene rings is 1. The summed E-state index contributed by atoms with van der Waals surface area (Å²) in [5.41, 5.74) is 0.764. The van der Waals surface area contributed by atoms with Gasteiger partial charge in [-0.1, -0.05) is 50.4 Å². The summed E-state index contributed by atoms with van der Waals surface area (Å²) in [7, 11) is 0. The molecule has 1 unspecified atom stereocenters. The number of rotatable bonds is 8. The second-order valence-electron chi connectivity index (χ2n) is 8.14. The summed E-state index contributed by atoms with van der Waals surface area (Å²) in [6, 6.07) is 6.15. The average Bonchev–Trinajstić information content (AvgIpc) is 3.38. The Hall–Kier alpha value is -2.87. The monoisotopic (exact) mass is 445 g/mol. The number of anilines is 1. The van der Waals surface area contributed by atoms with E-state index in [1.54, 1.807) is 30.5 Å². The Labute approximate surface area is 186 Å². The van der Waals surface area contributed by atoms with E-state index in [2.05, 4.69) is 21.0 Å². The van der Waals surface area contributed by atoms with Gasteiger partial charge in [-0.05, 0) is 30.9 Å². The number of hydrogen-bond donors (Lipinski definition) is 3. The van der Waals surface area contributed by atoms with Crippen molar-refractivity contribution in [1.29, 1.82) is 0 Å². The standard InChI is InChI=1S/C22H28ClN5O3/c1-14(2)20(27-21(30)17-9-5-6-10-18(17)23)22(31)26-16-11-24-28(12-16)13-19(29)25-15-7-3-4-8-15/h5-6,9-12,14-15,20H,3-4,7-8,13H2,1-2H3,(H,25,29)(H,26,31)(H,27,30). The smallest absolute Gasteiger partial charge is 0.253 e. The van der Waals surface area contributed by atoms with Gasteiger partial charge in [0.15, 0.2) is 0 Å². The maximum atomic E-state index is 12.8. The van der Waals surface area contributed by atoms with Crippen LogP contribution in [-0.2, 0) is 16.1 Å². The highest BCUT2D eigenvalue weighted by atomic mass is 35.5. The average molecular weight is 446 g/mol. The minimum Gasteiger partial charge on any atom is -0.352 e. The highest BCUT2D eigenvalue weighted by molar-refractivity contribution is 6.33. The van der Waals surface area contributed by atoms with Gasteiger partial charge < -0.3 is 16.0 Å². The molecule has 1 aliphatic carbocycles. The Morgan fingerprint density at radius 3 is 2.58 bits per heavy atom. The number of nitrogens with one attached hydrogen (secondary N) is 3. The van der Waals surface area contributed by atoms with E-state index in [-0.39, 0.29) is 30.3 Å². The summed E-state index contributed by atoms with van der Waals surface area (Å²) in [5.74, 6) is -1.04. The highest BCUT2D eigenvalue weighted by Crippen LogP contribution is 2.18. The van der Waals surface area contributed by atoms with Crippen molar-refractivity contribution in [1.82, 2.24) is 20.4 Å². The van der Waals surface area contributed by atoms with Crippen molar-refractivity contribution in [3.63, 3.8) is 0 Å². The third-order valence-electron chi connectivity index (χ3n) is 5.28. The van der Waals surface area contributed by atoms with Gasteiger partial charge in [-0.15, -0.1) is 0 Å². The van der Waals surface area contributed by atoms with Crippen molar-refractivity contribution >= 4 is 35.0 Å². The fraction of sp³-hybridized carbons (Fsp3) is 0.455. The first-order chi connectivity index (χ1) is 14.8. The quantitative estimate of drug-likeness (QED) is 0.580. The van der Waals surface area contributed by atoms with Crippen molar-refractivity contribution in [3.8, 4) is 0 Å². The van der Waals surface area contributed by atoms with Gasteiger partial charge in [-0.3, -0.25) is 19.1 Å². The molecule has 1 aromatic carbocycles. The van der Waals surface area contributed by atoms with E-state index in [0.29, 0.717) is 16.3 Å². The minimum atomic E-state index is -0.766. The van der Waals surface area contributed by atoms with Gasteiger partial charge in [0, 0.05) is 12.2 Å².